The molecule has 0 heterocycles. The third kappa shape index (κ3) is 8.43. The molecule has 0 bridgehead atoms. The summed E-state index contributed by atoms with van der Waals surface area (Å²) >= 11 is 0. The number of hydrogen-bond donors (Lipinski definition) is 0. The standard InChI is InChI=1S/C16H30N2/c1-17-14-10-7-11-15-18-16-12-8-5-3-2-4-6-9-13-16/h14-16H,2-13H2,1H3/b17-14+,18-15+. The van der Waals surface area contributed by atoms with E-state index in [1.807, 2.05) is 13.3 Å². The van der Waals surface area contributed by atoms with Gasteiger partial charge in [-0.25, -0.2) is 0 Å². The Balaban J connectivity index is 2.17. The summed E-state index contributed by atoms with van der Waals surface area (Å²) in [6.07, 6.45) is 20.1. The molecule has 1 fully saturated rings. The molecule has 0 atom stereocenters. The lowest BCUT2D eigenvalue weighted by molar-refractivity contribution is 0.462. The second-order valence-electron chi connectivity index (χ2n) is 5.41. The fourth-order valence-corrected chi connectivity index (χ4v) is 2.59. The number of nitrogens with zero attached hydrogens (tertiary/aromatic N) is 2. The molecule has 2 heteroatoms. The minimum atomic E-state index is 0.614. The van der Waals surface area contributed by atoms with E-state index >= 15 is 0 Å². The van der Waals surface area contributed by atoms with Crippen molar-refractivity contribution in [2.24, 2.45) is 9.98 Å². The summed E-state index contributed by atoms with van der Waals surface area (Å²) < 4.78 is 0. The molecule has 0 radical (unpaired) electrons. The van der Waals surface area contributed by atoms with Gasteiger partial charge in [0, 0.05) is 13.1 Å². The predicted octanol–water partition coefficient (Wildman–Crippen LogP) is 4.82. The van der Waals surface area contributed by atoms with Crippen molar-refractivity contribution >= 4 is 12.4 Å². The molecule has 0 aromatic heterocycles. The van der Waals surface area contributed by atoms with E-state index in [1.165, 1.54) is 64.2 Å². The van der Waals surface area contributed by atoms with Crippen molar-refractivity contribution in [2.75, 3.05) is 7.05 Å². The van der Waals surface area contributed by atoms with Gasteiger partial charge < -0.3 is 4.99 Å². The summed E-state index contributed by atoms with van der Waals surface area (Å²) in [5.74, 6) is 0. The Morgan fingerprint density at radius 1 is 0.833 bits per heavy atom. The van der Waals surface area contributed by atoms with Crippen LogP contribution in [0.5, 0.6) is 0 Å². The predicted molar refractivity (Wildman–Crippen MR) is 82.1 cm³/mol. The topological polar surface area (TPSA) is 24.7 Å². The molecule has 104 valence electrons. The van der Waals surface area contributed by atoms with Crippen LogP contribution in [0.2, 0.25) is 0 Å². The van der Waals surface area contributed by atoms with Crippen LogP contribution in [0.4, 0.5) is 0 Å². The van der Waals surface area contributed by atoms with Crippen molar-refractivity contribution in [3.8, 4) is 0 Å². The van der Waals surface area contributed by atoms with Gasteiger partial charge in [0.05, 0.1) is 0 Å². The Bertz CT molecular complexity index is 223. The molecule has 2 nitrogen and oxygen atoms in total. The molecule has 1 rings (SSSR count). The lowest BCUT2D eigenvalue weighted by atomic mass is 9.98. The van der Waals surface area contributed by atoms with Gasteiger partial charge in [-0.15, -0.1) is 0 Å². The molecule has 1 saturated carbocycles. The van der Waals surface area contributed by atoms with Gasteiger partial charge in [-0.3, -0.25) is 4.99 Å². The summed E-state index contributed by atoms with van der Waals surface area (Å²) in [6.45, 7) is 0. The largest absolute Gasteiger partial charge is 0.301 e. The zero-order valence-electron chi connectivity index (χ0n) is 12.1. The average Bonchev–Trinajstić information content (AvgIpc) is 2.41. The van der Waals surface area contributed by atoms with Crippen LogP contribution in [0.25, 0.3) is 0 Å². The van der Waals surface area contributed by atoms with Crippen LogP contribution in [0.15, 0.2) is 9.98 Å². The molecule has 18 heavy (non-hydrogen) atoms. The average molecular weight is 250 g/mol. The van der Waals surface area contributed by atoms with E-state index in [0.29, 0.717) is 6.04 Å². The maximum atomic E-state index is 4.79. The van der Waals surface area contributed by atoms with Gasteiger partial charge in [0.25, 0.3) is 0 Å². The summed E-state index contributed by atoms with van der Waals surface area (Å²) in [5, 5.41) is 0. The first kappa shape index (κ1) is 15.4. The molecule has 1 aliphatic rings. The zero-order chi connectivity index (χ0) is 12.9. The fraction of sp³-hybridized carbons (Fsp3) is 0.875. The number of hydrogen-bond acceptors (Lipinski definition) is 2. The molecule has 1 aliphatic carbocycles. The number of rotatable bonds is 5. The lowest BCUT2D eigenvalue weighted by Crippen LogP contribution is -2.06. The Morgan fingerprint density at radius 3 is 2.00 bits per heavy atom. The fourth-order valence-electron chi connectivity index (χ4n) is 2.59. The van der Waals surface area contributed by atoms with Crippen LogP contribution in [0.1, 0.15) is 77.0 Å². The second kappa shape index (κ2) is 11.4. The molecule has 0 aromatic rings. The molecule has 0 spiro atoms. The Kier molecular flexibility index (Phi) is 9.78. The first-order valence-electron chi connectivity index (χ1n) is 7.85. The monoisotopic (exact) mass is 250 g/mol. The van der Waals surface area contributed by atoms with E-state index in [0.717, 1.165) is 12.8 Å². The molecular formula is C16H30N2. The SMILES string of the molecule is C/N=C/CCC/C=N/C1CCCCCCCCC1. The highest BCUT2D eigenvalue weighted by Gasteiger charge is 2.07. The van der Waals surface area contributed by atoms with Crippen LogP contribution in [0.3, 0.4) is 0 Å². The van der Waals surface area contributed by atoms with Gasteiger partial charge >= 0.3 is 0 Å². The van der Waals surface area contributed by atoms with E-state index in [4.69, 9.17) is 4.99 Å². The number of unbranched alkanes of at least 4 members (excludes halogenated alkanes) is 2. The maximum Gasteiger partial charge on any atom is 0.0495 e. The van der Waals surface area contributed by atoms with Crippen LogP contribution >= 0.6 is 0 Å². The van der Waals surface area contributed by atoms with Crippen LogP contribution in [-0.4, -0.2) is 25.5 Å². The van der Waals surface area contributed by atoms with Gasteiger partial charge in [0.1, 0.15) is 0 Å². The maximum absolute atomic E-state index is 4.79. The Labute approximate surface area is 113 Å². The quantitative estimate of drug-likeness (QED) is 0.493. The summed E-state index contributed by atoms with van der Waals surface area (Å²) in [4.78, 5) is 8.78. The Hall–Kier alpha value is -0.660. The van der Waals surface area contributed by atoms with Gasteiger partial charge in [-0.05, 0) is 44.5 Å². The van der Waals surface area contributed by atoms with Crippen molar-refractivity contribution in [3.05, 3.63) is 0 Å². The van der Waals surface area contributed by atoms with Gasteiger partial charge in [0.2, 0.25) is 0 Å². The van der Waals surface area contributed by atoms with Crippen LogP contribution < -0.4 is 0 Å². The minimum absolute atomic E-state index is 0.614. The van der Waals surface area contributed by atoms with Crippen molar-refractivity contribution in [2.45, 2.75) is 83.1 Å². The van der Waals surface area contributed by atoms with Crippen molar-refractivity contribution in [1.82, 2.24) is 0 Å². The van der Waals surface area contributed by atoms with Gasteiger partial charge in [-0.2, -0.15) is 0 Å². The normalized spacial score (nSPS) is 20.7. The molecule has 0 unspecified atom stereocenters. The van der Waals surface area contributed by atoms with Crippen molar-refractivity contribution < 1.29 is 0 Å². The van der Waals surface area contributed by atoms with E-state index in [-0.39, 0.29) is 0 Å². The van der Waals surface area contributed by atoms with Crippen molar-refractivity contribution in [3.63, 3.8) is 0 Å². The van der Waals surface area contributed by atoms with Crippen LogP contribution in [0, 0.1) is 0 Å². The second-order valence-corrected chi connectivity index (χ2v) is 5.41. The smallest absolute Gasteiger partial charge is 0.0495 e. The zero-order valence-corrected chi connectivity index (χ0v) is 12.1. The summed E-state index contributed by atoms with van der Waals surface area (Å²) in [6, 6.07) is 0.614. The third-order valence-corrected chi connectivity index (χ3v) is 3.74. The summed E-state index contributed by atoms with van der Waals surface area (Å²) in [5.41, 5.74) is 0. The lowest BCUT2D eigenvalue weighted by Gasteiger charge is -2.14. The number of aliphatic imine (C=N–C) groups is 2. The van der Waals surface area contributed by atoms with E-state index < -0.39 is 0 Å². The highest BCUT2D eigenvalue weighted by Crippen LogP contribution is 2.18. The first-order valence-corrected chi connectivity index (χ1v) is 7.85. The molecule has 0 amide bonds. The molecular weight excluding hydrogens is 220 g/mol. The minimum Gasteiger partial charge on any atom is -0.301 e. The van der Waals surface area contributed by atoms with E-state index in [9.17, 15) is 0 Å². The molecule has 0 saturated heterocycles. The third-order valence-electron chi connectivity index (χ3n) is 3.74. The molecule has 0 aliphatic heterocycles. The van der Waals surface area contributed by atoms with Gasteiger partial charge in [-0.1, -0.05) is 44.9 Å². The highest BCUT2D eigenvalue weighted by molar-refractivity contribution is 5.60. The summed E-state index contributed by atoms with van der Waals surface area (Å²) in [7, 11) is 1.84. The van der Waals surface area contributed by atoms with Gasteiger partial charge in [0.15, 0.2) is 0 Å². The molecule has 0 N–H and O–H groups in total. The first-order chi connectivity index (χ1) is 8.93. The van der Waals surface area contributed by atoms with E-state index in [1.54, 1.807) is 0 Å². The van der Waals surface area contributed by atoms with Crippen molar-refractivity contribution in [1.29, 1.82) is 0 Å². The molecule has 0 aromatic carbocycles. The highest BCUT2D eigenvalue weighted by atomic mass is 14.8. The Morgan fingerprint density at radius 2 is 1.39 bits per heavy atom. The van der Waals surface area contributed by atoms with E-state index in [2.05, 4.69) is 11.2 Å². The van der Waals surface area contributed by atoms with Crippen LogP contribution in [-0.2, 0) is 0 Å².